The first-order chi connectivity index (χ1) is 6.09. The Balaban J connectivity index is 2.66. The van der Waals surface area contributed by atoms with Gasteiger partial charge in [0.1, 0.15) is 5.82 Å². The first kappa shape index (κ1) is 10.2. The zero-order valence-corrected chi connectivity index (χ0v) is 7.87. The molecule has 0 heterocycles. The number of benzene rings is 1. The second-order valence-corrected chi connectivity index (χ2v) is 3.33. The summed E-state index contributed by atoms with van der Waals surface area (Å²) in [6.45, 7) is 0.547. The van der Waals surface area contributed by atoms with E-state index in [0.717, 1.165) is 5.56 Å². The molecule has 0 amide bonds. The summed E-state index contributed by atoms with van der Waals surface area (Å²) >= 11 is 0. The van der Waals surface area contributed by atoms with Gasteiger partial charge in [-0.1, -0.05) is 12.1 Å². The first-order valence-electron chi connectivity index (χ1n) is 4.18. The maximum Gasteiger partial charge on any atom is 0.123 e. The normalized spacial score (nSPS) is 13.3. The molecule has 0 aliphatic heterocycles. The van der Waals surface area contributed by atoms with Crippen LogP contribution in [0, 0.1) is 5.82 Å². The lowest BCUT2D eigenvalue weighted by Gasteiger charge is -2.15. The highest BCUT2D eigenvalue weighted by Crippen LogP contribution is 2.13. The van der Waals surface area contributed by atoms with Crippen molar-refractivity contribution in [2.75, 3.05) is 20.6 Å². The average molecular weight is 183 g/mol. The lowest BCUT2D eigenvalue weighted by atomic mass is 10.1. The van der Waals surface area contributed by atoms with E-state index in [4.69, 9.17) is 0 Å². The molecule has 0 fully saturated rings. The number of aliphatic hydroxyl groups is 1. The summed E-state index contributed by atoms with van der Waals surface area (Å²) in [6, 6.07) is 5.91. The minimum Gasteiger partial charge on any atom is -0.387 e. The summed E-state index contributed by atoms with van der Waals surface area (Å²) < 4.78 is 12.5. The fourth-order valence-electron chi connectivity index (χ4n) is 1.14. The lowest BCUT2D eigenvalue weighted by molar-refractivity contribution is 0.138. The smallest absolute Gasteiger partial charge is 0.123 e. The summed E-state index contributed by atoms with van der Waals surface area (Å²) in [5, 5.41) is 9.62. The molecule has 1 unspecified atom stereocenters. The largest absolute Gasteiger partial charge is 0.387 e. The third-order valence-corrected chi connectivity index (χ3v) is 1.79. The molecule has 0 spiro atoms. The van der Waals surface area contributed by atoms with E-state index in [1.807, 2.05) is 19.0 Å². The Bertz CT molecular complexity index is 258. The van der Waals surface area contributed by atoms with Crippen LogP contribution in [-0.2, 0) is 0 Å². The molecule has 1 aromatic rings. The minimum absolute atomic E-state index is 0.277. The Kier molecular flexibility index (Phi) is 3.39. The van der Waals surface area contributed by atoms with Crippen LogP contribution in [0.15, 0.2) is 24.3 Å². The fraction of sp³-hybridized carbons (Fsp3) is 0.400. The van der Waals surface area contributed by atoms with Crippen molar-refractivity contribution in [1.82, 2.24) is 4.90 Å². The maximum absolute atomic E-state index is 12.5. The number of nitrogens with zero attached hydrogens (tertiary/aromatic N) is 1. The molecule has 0 saturated heterocycles. The molecule has 0 aromatic heterocycles. The molecule has 1 N–H and O–H groups in total. The first-order valence-corrected chi connectivity index (χ1v) is 4.18. The van der Waals surface area contributed by atoms with Crippen molar-refractivity contribution in [3.05, 3.63) is 35.6 Å². The molecular weight excluding hydrogens is 169 g/mol. The molecule has 1 atom stereocenters. The van der Waals surface area contributed by atoms with Crippen LogP contribution < -0.4 is 0 Å². The fourth-order valence-corrected chi connectivity index (χ4v) is 1.14. The van der Waals surface area contributed by atoms with Gasteiger partial charge in [-0.3, -0.25) is 0 Å². The molecule has 72 valence electrons. The number of aliphatic hydroxyl groups excluding tert-OH is 1. The highest BCUT2D eigenvalue weighted by Gasteiger charge is 2.07. The van der Waals surface area contributed by atoms with Gasteiger partial charge in [-0.2, -0.15) is 0 Å². The van der Waals surface area contributed by atoms with Gasteiger partial charge < -0.3 is 10.0 Å². The second-order valence-electron chi connectivity index (χ2n) is 3.33. The SMILES string of the molecule is CN(C)CC(O)c1ccc(F)cc1. The van der Waals surface area contributed by atoms with E-state index >= 15 is 0 Å². The third-order valence-electron chi connectivity index (χ3n) is 1.79. The van der Waals surface area contributed by atoms with Crippen LogP contribution in [0.4, 0.5) is 4.39 Å². The van der Waals surface area contributed by atoms with E-state index in [1.54, 1.807) is 12.1 Å². The standard InChI is InChI=1S/C10H14FNO/c1-12(2)7-10(13)8-3-5-9(11)6-4-8/h3-6,10,13H,7H2,1-2H3. The quantitative estimate of drug-likeness (QED) is 0.766. The van der Waals surface area contributed by atoms with Crippen molar-refractivity contribution < 1.29 is 9.50 Å². The Morgan fingerprint density at radius 2 is 1.85 bits per heavy atom. The topological polar surface area (TPSA) is 23.5 Å². The van der Waals surface area contributed by atoms with E-state index in [-0.39, 0.29) is 5.82 Å². The molecule has 0 bridgehead atoms. The number of halogens is 1. The van der Waals surface area contributed by atoms with E-state index < -0.39 is 6.10 Å². The lowest BCUT2D eigenvalue weighted by Crippen LogP contribution is -2.19. The Labute approximate surface area is 77.6 Å². The molecule has 3 heteroatoms. The summed E-state index contributed by atoms with van der Waals surface area (Å²) in [5.41, 5.74) is 0.745. The molecular formula is C10H14FNO. The molecule has 2 nitrogen and oxygen atoms in total. The monoisotopic (exact) mass is 183 g/mol. The van der Waals surface area contributed by atoms with Gasteiger partial charge in [-0.25, -0.2) is 4.39 Å². The molecule has 13 heavy (non-hydrogen) atoms. The molecule has 0 aliphatic carbocycles. The molecule has 1 aromatic carbocycles. The predicted molar refractivity (Wildman–Crippen MR) is 49.9 cm³/mol. The van der Waals surface area contributed by atoms with E-state index in [0.29, 0.717) is 6.54 Å². The van der Waals surface area contributed by atoms with Gasteiger partial charge in [-0.05, 0) is 31.8 Å². The zero-order chi connectivity index (χ0) is 9.84. The van der Waals surface area contributed by atoms with Crippen molar-refractivity contribution in [3.63, 3.8) is 0 Å². The number of hydrogen-bond acceptors (Lipinski definition) is 2. The van der Waals surface area contributed by atoms with Crippen molar-refractivity contribution in [3.8, 4) is 0 Å². The summed E-state index contributed by atoms with van der Waals surface area (Å²) in [5.74, 6) is -0.277. The van der Waals surface area contributed by atoms with E-state index in [9.17, 15) is 9.50 Å². The van der Waals surface area contributed by atoms with E-state index in [2.05, 4.69) is 0 Å². The Hall–Kier alpha value is -0.930. The van der Waals surface area contributed by atoms with Crippen LogP contribution >= 0.6 is 0 Å². The van der Waals surface area contributed by atoms with Gasteiger partial charge in [0.15, 0.2) is 0 Å². The highest BCUT2D eigenvalue weighted by molar-refractivity contribution is 5.18. The van der Waals surface area contributed by atoms with E-state index in [1.165, 1.54) is 12.1 Å². The average Bonchev–Trinajstić information content (AvgIpc) is 2.04. The number of likely N-dealkylation sites (N-methyl/N-ethyl adjacent to an activating group) is 1. The van der Waals surface area contributed by atoms with Crippen molar-refractivity contribution in [1.29, 1.82) is 0 Å². The van der Waals surface area contributed by atoms with Crippen LogP contribution in [0.5, 0.6) is 0 Å². The van der Waals surface area contributed by atoms with Gasteiger partial charge >= 0.3 is 0 Å². The van der Waals surface area contributed by atoms with Crippen molar-refractivity contribution in [2.45, 2.75) is 6.10 Å². The van der Waals surface area contributed by atoms with Crippen molar-refractivity contribution >= 4 is 0 Å². The number of hydrogen-bond donors (Lipinski definition) is 1. The van der Waals surface area contributed by atoms with Gasteiger partial charge in [0.05, 0.1) is 6.10 Å². The second kappa shape index (κ2) is 4.35. The molecule has 1 rings (SSSR count). The van der Waals surface area contributed by atoms with Crippen LogP contribution in [-0.4, -0.2) is 30.6 Å². The highest BCUT2D eigenvalue weighted by atomic mass is 19.1. The van der Waals surface area contributed by atoms with Crippen LogP contribution in [0.3, 0.4) is 0 Å². The summed E-state index contributed by atoms with van der Waals surface area (Å²) in [4.78, 5) is 1.88. The molecule has 0 aliphatic rings. The van der Waals surface area contributed by atoms with Crippen molar-refractivity contribution in [2.24, 2.45) is 0 Å². The minimum atomic E-state index is -0.546. The van der Waals surface area contributed by atoms with Crippen LogP contribution in [0.25, 0.3) is 0 Å². The Morgan fingerprint density at radius 1 is 1.31 bits per heavy atom. The van der Waals surface area contributed by atoms with Gasteiger partial charge in [0.2, 0.25) is 0 Å². The van der Waals surface area contributed by atoms with Gasteiger partial charge in [0.25, 0.3) is 0 Å². The summed E-state index contributed by atoms with van der Waals surface area (Å²) in [6.07, 6.45) is -0.546. The van der Waals surface area contributed by atoms with Gasteiger partial charge in [0, 0.05) is 6.54 Å². The van der Waals surface area contributed by atoms with Crippen LogP contribution in [0.2, 0.25) is 0 Å². The molecule has 0 saturated carbocycles. The number of rotatable bonds is 3. The maximum atomic E-state index is 12.5. The van der Waals surface area contributed by atoms with Crippen LogP contribution in [0.1, 0.15) is 11.7 Å². The Morgan fingerprint density at radius 3 is 2.31 bits per heavy atom. The third kappa shape index (κ3) is 3.13. The zero-order valence-electron chi connectivity index (χ0n) is 7.87. The van der Waals surface area contributed by atoms with Gasteiger partial charge in [-0.15, -0.1) is 0 Å². The predicted octanol–water partition coefficient (Wildman–Crippen LogP) is 1.42. The summed E-state index contributed by atoms with van der Waals surface area (Å²) in [7, 11) is 3.76. The molecule has 0 radical (unpaired) electrons.